The molecule has 1 fully saturated rings. The van der Waals surface area contributed by atoms with Crippen molar-refractivity contribution in [2.75, 3.05) is 0 Å². The summed E-state index contributed by atoms with van der Waals surface area (Å²) in [6.45, 7) is 2.38. The zero-order valence-electron chi connectivity index (χ0n) is 9.34. The zero-order valence-corrected chi connectivity index (χ0v) is 10.9. The first-order valence-corrected chi connectivity index (χ1v) is 6.67. The van der Waals surface area contributed by atoms with Crippen molar-refractivity contribution in [3.05, 3.63) is 21.0 Å². The second kappa shape index (κ2) is 3.65. The van der Waals surface area contributed by atoms with Gasteiger partial charge in [0.05, 0.1) is 22.8 Å². The fraction of sp³-hybridized carbons (Fsp3) is 0.800. The Bertz CT molecular complexity index is 528. The van der Waals surface area contributed by atoms with Gasteiger partial charge in [0.2, 0.25) is 0 Å². The van der Waals surface area contributed by atoms with Gasteiger partial charge in [-0.3, -0.25) is 0 Å². The number of aromatic nitrogens is 3. The van der Waals surface area contributed by atoms with Crippen molar-refractivity contribution in [3.63, 3.8) is 0 Å². The highest BCUT2D eigenvalue weighted by Crippen LogP contribution is 2.47. The average molecular weight is 278 g/mol. The Labute approximate surface area is 108 Å². The van der Waals surface area contributed by atoms with Crippen LogP contribution in [0.5, 0.6) is 0 Å². The molecule has 0 aromatic carbocycles. The van der Waals surface area contributed by atoms with Crippen LogP contribution in [0.3, 0.4) is 0 Å². The lowest BCUT2D eigenvalue weighted by molar-refractivity contribution is 0.383. The van der Waals surface area contributed by atoms with Crippen molar-refractivity contribution in [3.8, 4) is 0 Å². The molecule has 2 aliphatic rings. The van der Waals surface area contributed by atoms with Crippen molar-refractivity contribution in [2.24, 2.45) is 0 Å². The first kappa shape index (κ1) is 11.4. The zero-order chi connectivity index (χ0) is 12.3. The van der Waals surface area contributed by atoms with Crippen LogP contribution < -0.4 is 11.4 Å². The monoisotopic (exact) mass is 277 g/mol. The number of hydrogen-bond donors (Lipinski definition) is 0. The molecule has 0 radical (unpaired) electrons. The Morgan fingerprint density at radius 2 is 1.59 bits per heavy atom. The normalized spacial score (nSPS) is 34.3. The summed E-state index contributed by atoms with van der Waals surface area (Å²) in [4.78, 5) is 24.2. The molecule has 1 aliphatic carbocycles. The van der Waals surface area contributed by atoms with E-state index in [2.05, 4.69) is 0 Å². The summed E-state index contributed by atoms with van der Waals surface area (Å²) in [6.07, 6.45) is 1.45. The summed E-state index contributed by atoms with van der Waals surface area (Å²) in [5, 5.41) is -0.535. The molecule has 2 bridgehead atoms. The highest BCUT2D eigenvalue weighted by atomic mass is 35.5. The highest BCUT2D eigenvalue weighted by Gasteiger charge is 2.52. The topological polar surface area (TPSA) is 48.9 Å². The number of hydrogen-bond acceptors (Lipinski definition) is 2. The van der Waals surface area contributed by atoms with Crippen molar-refractivity contribution in [1.82, 2.24) is 13.9 Å². The van der Waals surface area contributed by atoms with Gasteiger partial charge < -0.3 is 0 Å². The molecule has 94 valence electrons. The van der Waals surface area contributed by atoms with E-state index in [0.717, 1.165) is 6.42 Å². The number of fused-ring (bicyclic) bond motifs is 5. The predicted octanol–water partition coefficient (Wildman–Crippen LogP) is 0.936. The second-order valence-corrected chi connectivity index (χ2v) is 5.67. The summed E-state index contributed by atoms with van der Waals surface area (Å²) >= 11 is 12.4. The first-order valence-electron chi connectivity index (χ1n) is 5.80. The standard InChI is InChI=1S/C10H13Cl2N3O2/c1-2-3-13-9(16)14-5-4-6(8(12)7(5)11)15(14)10(13)17/h5-8H,2-4H2,1H3/t5-,6+,7+,8-. The van der Waals surface area contributed by atoms with E-state index in [1.165, 1.54) is 13.9 Å². The van der Waals surface area contributed by atoms with Gasteiger partial charge in [0.25, 0.3) is 0 Å². The van der Waals surface area contributed by atoms with Crippen LogP contribution in [-0.4, -0.2) is 24.7 Å². The van der Waals surface area contributed by atoms with Gasteiger partial charge in [-0.05, 0) is 12.8 Å². The third kappa shape index (κ3) is 1.27. The van der Waals surface area contributed by atoms with Crippen LogP contribution in [0.2, 0.25) is 0 Å². The summed E-state index contributed by atoms with van der Waals surface area (Å²) in [6, 6.07) is -0.273. The third-order valence-electron chi connectivity index (χ3n) is 3.68. The van der Waals surface area contributed by atoms with Gasteiger partial charge in [-0.1, -0.05) is 6.92 Å². The number of halogens is 2. The Kier molecular flexibility index (Phi) is 2.45. The number of rotatable bonds is 2. The average Bonchev–Trinajstić information content (AvgIpc) is 2.89. The van der Waals surface area contributed by atoms with Crippen LogP contribution in [0.25, 0.3) is 0 Å². The minimum Gasteiger partial charge on any atom is -0.246 e. The van der Waals surface area contributed by atoms with E-state index in [0.29, 0.717) is 13.0 Å². The first-order chi connectivity index (χ1) is 8.07. The summed E-state index contributed by atoms with van der Waals surface area (Å²) in [7, 11) is 0. The third-order valence-corrected chi connectivity index (χ3v) is 4.94. The van der Waals surface area contributed by atoms with E-state index in [9.17, 15) is 9.59 Å². The van der Waals surface area contributed by atoms with E-state index in [1.807, 2.05) is 6.92 Å². The van der Waals surface area contributed by atoms with E-state index in [1.54, 1.807) is 0 Å². The molecule has 2 heterocycles. The largest absolute Gasteiger partial charge is 0.347 e. The maximum atomic E-state index is 12.1. The Hall–Kier alpha value is -0.680. The van der Waals surface area contributed by atoms with Crippen molar-refractivity contribution < 1.29 is 0 Å². The Balaban J connectivity index is 2.22. The molecular weight excluding hydrogens is 265 g/mol. The molecule has 0 saturated heterocycles. The van der Waals surface area contributed by atoms with Gasteiger partial charge in [-0.25, -0.2) is 23.5 Å². The van der Waals surface area contributed by atoms with Gasteiger partial charge in [0.1, 0.15) is 0 Å². The smallest absolute Gasteiger partial charge is 0.246 e. The van der Waals surface area contributed by atoms with Crippen LogP contribution in [0.1, 0.15) is 31.8 Å². The molecule has 0 amide bonds. The molecule has 5 nitrogen and oxygen atoms in total. The van der Waals surface area contributed by atoms with Crippen molar-refractivity contribution in [1.29, 1.82) is 0 Å². The minimum absolute atomic E-state index is 0.137. The number of nitrogens with zero attached hydrogens (tertiary/aromatic N) is 3. The lowest BCUT2D eigenvalue weighted by Crippen LogP contribution is -2.38. The molecule has 7 heteroatoms. The van der Waals surface area contributed by atoms with E-state index < -0.39 is 0 Å². The molecule has 1 aromatic rings. The van der Waals surface area contributed by atoms with Crippen molar-refractivity contribution >= 4 is 23.2 Å². The summed E-state index contributed by atoms with van der Waals surface area (Å²) < 4.78 is 4.27. The molecule has 4 atom stereocenters. The lowest BCUT2D eigenvalue weighted by Gasteiger charge is -2.23. The maximum Gasteiger partial charge on any atom is 0.347 e. The van der Waals surface area contributed by atoms with E-state index in [4.69, 9.17) is 23.2 Å². The fourth-order valence-electron chi connectivity index (χ4n) is 2.93. The van der Waals surface area contributed by atoms with Crippen molar-refractivity contribution in [2.45, 2.75) is 49.1 Å². The molecular formula is C10H13Cl2N3O2. The van der Waals surface area contributed by atoms with Gasteiger partial charge in [-0.2, -0.15) is 0 Å². The van der Waals surface area contributed by atoms with E-state index in [-0.39, 0.29) is 34.2 Å². The molecule has 17 heavy (non-hydrogen) atoms. The minimum atomic E-state index is -0.267. The summed E-state index contributed by atoms with van der Waals surface area (Å²) in [5.41, 5.74) is -0.503. The predicted molar refractivity (Wildman–Crippen MR) is 65.2 cm³/mol. The van der Waals surface area contributed by atoms with Crippen LogP contribution in [-0.2, 0) is 6.54 Å². The van der Waals surface area contributed by atoms with Crippen LogP contribution in [0.15, 0.2) is 9.59 Å². The summed E-state index contributed by atoms with van der Waals surface area (Å²) in [5.74, 6) is 0. The van der Waals surface area contributed by atoms with Gasteiger partial charge in [0, 0.05) is 6.54 Å². The molecule has 3 rings (SSSR count). The highest BCUT2D eigenvalue weighted by molar-refractivity contribution is 6.31. The van der Waals surface area contributed by atoms with Gasteiger partial charge >= 0.3 is 11.4 Å². The number of alkyl halides is 2. The Morgan fingerprint density at radius 3 is 2.00 bits per heavy atom. The van der Waals surface area contributed by atoms with Gasteiger partial charge in [-0.15, -0.1) is 23.2 Å². The van der Waals surface area contributed by atoms with Crippen LogP contribution in [0, 0.1) is 0 Å². The lowest BCUT2D eigenvalue weighted by atomic mass is 10.2. The van der Waals surface area contributed by atoms with Crippen LogP contribution in [0.4, 0.5) is 0 Å². The molecule has 1 saturated carbocycles. The van der Waals surface area contributed by atoms with Gasteiger partial charge in [0.15, 0.2) is 0 Å². The van der Waals surface area contributed by atoms with E-state index >= 15 is 0 Å². The van der Waals surface area contributed by atoms with Crippen LogP contribution >= 0.6 is 23.2 Å². The second-order valence-electron chi connectivity index (χ2n) is 4.67. The maximum absolute atomic E-state index is 12.1. The Morgan fingerprint density at radius 1 is 1.12 bits per heavy atom. The molecule has 1 aromatic heterocycles. The molecule has 0 N–H and O–H groups in total. The SMILES string of the molecule is CCCn1c(=O)n2n(c1=O)[C@H]1C[C@@H]2[C@H](Cl)[C@@H]1Cl. The fourth-order valence-corrected chi connectivity index (χ4v) is 3.69. The molecule has 0 unspecified atom stereocenters. The quantitative estimate of drug-likeness (QED) is 0.756. The molecule has 0 spiro atoms. The molecule has 1 aliphatic heterocycles.